The molecule has 182 valence electrons. The highest BCUT2D eigenvalue weighted by molar-refractivity contribution is 6.44. The van der Waals surface area contributed by atoms with Gasteiger partial charge in [0.05, 0.1) is 5.56 Å². The van der Waals surface area contributed by atoms with Crippen molar-refractivity contribution >= 4 is 22.6 Å². The van der Waals surface area contributed by atoms with E-state index in [1.165, 1.54) is 44.9 Å². The second kappa shape index (κ2) is 8.51. The molecule has 3 heterocycles. The second-order valence-corrected chi connectivity index (χ2v) is 12.1. The fraction of sp³-hybridized carbons (Fsp3) is 0.655. The highest BCUT2D eigenvalue weighted by atomic mass is 16.2. The van der Waals surface area contributed by atoms with Crippen LogP contribution in [0, 0.1) is 23.7 Å². The van der Waals surface area contributed by atoms with Gasteiger partial charge in [-0.15, -0.1) is 0 Å². The topological polar surface area (TPSA) is 68.3 Å². The molecule has 2 aromatic rings. The van der Waals surface area contributed by atoms with Crippen molar-refractivity contribution in [3.05, 3.63) is 36.0 Å². The second-order valence-electron chi connectivity index (χ2n) is 12.1. The summed E-state index contributed by atoms with van der Waals surface area (Å²) in [6.45, 7) is 4.94. The van der Waals surface area contributed by atoms with E-state index in [-0.39, 0.29) is 0 Å². The number of nitrogens with zero attached hydrogens (tertiary/aromatic N) is 2. The fourth-order valence-electron chi connectivity index (χ4n) is 8.39. The van der Waals surface area contributed by atoms with Crippen LogP contribution in [0.1, 0.15) is 88.0 Å². The van der Waals surface area contributed by atoms with Crippen LogP contribution in [0.25, 0.3) is 10.9 Å². The smallest absolute Gasteiger partial charge is 0.289 e. The highest BCUT2D eigenvalue weighted by Crippen LogP contribution is 2.50. The quantitative estimate of drug-likeness (QED) is 0.494. The molecule has 2 saturated carbocycles. The maximum atomic E-state index is 12.6. The molecule has 34 heavy (non-hydrogen) atoms. The minimum Gasteiger partial charge on any atom is -0.363 e. The Labute approximate surface area is 203 Å². The number of hydrogen-bond acceptors (Lipinski definition) is 3. The van der Waals surface area contributed by atoms with E-state index in [0.29, 0.717) is 29.6 Å². The molecular weight excluding hydrogens is 422 g/mol. The number of carbonyl (C=O) groups is 2. The third-order valence-electron chi connectivity index (χ3n) is 10.1. The van der Waals surface area contributed by atoms with E-state index in [4.69, 9.17) is 5.73 Å². The van der Waals surface area contributed by atoms with Gasteiger partial charge < -0.3 is 10.3 Å². The Kier molecular flexibility index (Phi) is 5.59. The Morgan fingerprint density at radius 1 is 0.853 bits per heavy atom. The van der Waals surface area contributed by atoms with Gasteiger partial charge >= 0.3 is 0 Å². The minimum absolute atomic E-state index is 0.357. The zero-order valence-corrected chi connectivity index (χ0v) is 20.7. The van der Waals surface area contributed by atoms with E-state index >= 15 is 0 Å². The number of nitrogens with two attached hydrogens (primary N) is 1. The van der Waals surface area contributed by atoms with Crippen LogP contribution in [-0.2, 0) is 4.79 Å². The van der Waals surface area contributed by atoms with Crippen molar-refractivity contribution in [2.24, 2.45) is 29.4 Å². The van der Waals surface area contributed by atoms with E-state index in [2.05, 4.69) is 29.4 Å². The van der Waals surface area contributed by atoms with Gasteiger partial charge in [-0.05, 0) is 74.7 Å². The molecule has 8 atom stereocenters. The number of piperidine rings is 2. The number of benzene rings is 1. The van der Waals surface area contributed by atoms with E-state index in [1.807, 2.05) is 24.4 Å². The third kappa shape index (κ3) is 3.62. The number of amides is 1. The summed E-state index contributed by atoms with van der Waals surface area (Å²) in [6.07, 6.45) is 13.9. The SMILES string of the molecule is C[C@H]1CC[C@H]2C[C@@H]1C[C@H](N1[C@@H]3CC[C@H](C)[C@H]1C[C@@H](n1cc(C(=O)C(N)=O)c4ccccc41)C3)C2. The van der Waals surface area contributed by atoms with E-state index in [0.717, 1.165) is 47.5 Å². The number of ketones is 1. The summed E-state index contributed by atoms with van der Waals surface area (Å²) in [4.78, 5) is 27.3. The molecule has 4 fully saturated rings. The summed E-state index contributed by atoms with van der Waals surface area (Å²) < 4.78 is 2.30. The number of primary amides is 1. The molecule has 4 bridgehead atoms. The molecule has 2 aliphatic carbocycles. The first-order chi connectivity index (χ1) is 16.4. The Balaban J connectivity index is 1.31. The normalized spacial score (nSPS) is 38.1. The average Bonchev–Trinajstić information content (AvgIpc) is 3.22. The molecule has 0 radical (unpaired) electrons. The van der Waals surface area contributed by atoms with Gasteiger partial charge in [0.2, 0.25) is 0 Å². The molecule has 1 amide bonds. The first-order valence-corrected chi connectivity index (χ1v) is 13.6. The molecule has 2 saturated heterocycles. The first-order valence-electron chi connectivity index (χ1n) is 13.6. The van der Waals surface area contributed by atoms with Gasteiger partial charge in [0.1, 0.15) is 0 Å². The predicted octanol–water partition coefficient (Wildman–Crippen LogP) is 5.33. The largest absolute Gasteiger partial charge is 0.363 e. The monoisotopic (exact) mass is 461 g/mol. The van der Waals surface area contributed by atoms with Crippen molar-refractivity contribution in [2.75, 3.05) is 0 Å². The maximum Gasteiger partial charge on any atom is 0.289 e. The Hall–Kier alpha value is -2.14. The van der Waals surface area contributed by atoms with Crippen molar-refractivity contribution in [1.29, 1.82) is 0 Å². The molecule has 1 aromatic heterocycles. The minimum atomic E-state index is -0.875. The molecule has 2 aliphatic heterocycles. The fourth-order valence-corrected chi connectivity index (χ4v) is 8.39. The van der Waals surface area contributed by atoms with Gasteiger partial charge in [0.25, 0.3) is 11.7 Å². The Morgan fingerprint density at radius 2 is 1.65 bits per heavy atom. The lowest BCUT2D eigenvalue weighted by Crippen LogP contribution is -2.60. The highest BCUT2D eigenvalue weighted by Gasteiger charge is 2.48. The summed E-state index contributed by atoms with van der Waals surface area (Å²) in [5.41, 5.74) is 6.89. The van der Waals surface area contributed by atoms with Crippen LogP contribution in [0.4, 0.5) is 0 Å². The molecular formula is C29H39N3O2. The lowest BCUT2D eigenvalue weighted by atomic mass is 9.64. The van der Waals surface area contributed by atoms with E-state index in [9.17, 15) is 9.59 Å². The molecule has 0 spiro atoms. The summed E-state index contributed by atoms with van der Waals surface area (Å²) in [7, 11) is 0. The predicted molar refractivity (Wildman–Crippen MR) is 135 cm³/mol. The summed E-state index contributed by atoms with van der Waals surface area (Å²) in [5, 5.41) is 0.848. The standard InChI is InChI=1S/C29H39N3O2/c1-17-7-9-19-11-20(17)13-23(12-19)32-21-10-8-18(2)27(32)15-22(14-21)31-16-25(28(33)29(30)34)24-5-3-4-6-26(24)31/h3-6,16-23,27H,7-15H2,1-2H3,(H2,30,34)/t17-,18-,19-,20+,21+,22-,23+,27+/m0/s1. The number of hydrogen-bond donors (Lipinski definition) is 1. The molecule has 4 aliphatic rings. The van der Waals surface area contributed by atoms with Crippen LogP contribution in [0.5, 0.6) is 0 Å². The van der Waals surface area contributed by atoms with Crippen LogP contribution in [0.3, 0.4) is 0 Å². The molecule has 6 rings (SSSR count). The third-order valence-corrected chi connectivity index (χ3v) is 10.1. The molecule has 5 nitrogen and oxygen atoms in total. The molecule has 2 N–H and O–H groups in total. The number of para-hydroxylation sites is 1. The van der Waals surface area contributed by atoms with Crippen LogP contribution in [-0.4, -0.2) is 39.3 Å². The Bertz CT molecular complexity index is 1110. The van der Waals surface area contributed by atoms with Gasteiger partial charge in [-0.25, -0.2) is 0 Å². The van der Waals surface area contributed by atoms with Gasteiger partial charge in [-0.1, -0.05) is 44.9 Å². The van der Waals surface area contributed by atoms with Gasteiger partial charge in [-0.3, -0.25) is 14.5 Å². The van der Waals surface area contributed by atoms with Gasteiger partial charge in [0.15, 0.2) is 0 Å². The first kappa shape index (κ1) is 22.3. The summed E-state index contributed by atoms with van der Waals surface area (Å²) in [5.74, 6) is 1.99. The average molecular weight is 462 g/mol. The number of rotatable bonds is 4. The van der Waals surface area contributed by atoms with Gasteiger partial charge in [0, 0.05) is 41.3 Å². The van der Waals surface area contributed by atoms with Crippen LogP contribution >= 0.6 is 0 Å². The lowest BCUT2D eigenvalue weighted by molar-refractivity contribution is -0.114. The number of aromatic nitrogens is 1. The van der Waals surface area contributed by atoms with Crippen LogP contribution in [0.15, 0.2) is 30.5 Å². The van der Waals surface area contributed by atoms with Crippen molar-refractivity contribution in [3.63, 3.8) is 0 Å². The van der Waals surface area contributed by atoms with Crippen molar-refractivity contribution in [1.82, 2.24) is 9.47 Å². The van der Waals surface area contributed by atoms with Crippen molar-refractivity contribution < 1.29 is 9.59 Å². The number of Topliss-reactive ketones (excluding diaryl/α,β-unsaturated/α-hetero) is 1. The molecule has 5 heteroatoms. The molecule has 1 aromatic carbocycles. The Morgan fingerprint density at radius 3 is 2.47 bits per heavy atom. The van der Waals surface area contributed by atoms with E-state index < -0.39 is 11.7 Å². The van der Waals surface area contributed by atoms with Gasteiger partial charge in [-0.2, -0.15) is 0 Å². The zero-order chi connectivity index (χ0) is 23.6. The van der Waals surface area contributed by atoms with E-state index in [1.54, 1.807) is 0 Å². The van der Waals surface area contributed by atoms with Crippen molar-refractivity contribution in [3.8, 4) is 0 Å². The molecule has 0 unspecified atom stereocenters. The lowest BCUT2D eigenvalue weighted by Gasteiger charge is -2.57. The summed E-state index contributed by atoms with van der Waals surface area (Å²) in [6, 6.07) is 10.3. The summed E-state index contributed by atoms with van der Waals surface area (Å²) >= 11 is 0. The van der Waals surface area contributed by atoms with Crippen LogP contribution in [0.2, 0.25) is 0 Å². The maximum absolute atomic E-state index is 12.6. The van der Waals surface area contributed by atoms with Crippen LogP contribution < -0.4 is 5.73 Å². The number of fused-ring (bicyclic) bond motifs is 5. The zero-order valence-electron chi connectivity index (χ0n) is 20.7. The number of carbonyl (C=O) groups excluding carboxylic acids is 2. The van der Waals surface area contributed by atoms with Crippen molar-refractivity contribution in [2.45, 2.75) is 95.8 Å².